The van der Waals surface area contributed by atoms with Gasteiger partial charge in [-0.2, -0.15) is 0 Å². The summed E-state index contributed by atoms with van der Waals surface area (Å²) >= 11 is 0. The molecule has 0 aliphatic carbocycles. The van der Waals surface area contributed by atoms with Crippen molar-refractivity contribution in [2.75, 3.05) is 21.3 Å². The molecule has 0 atom stereocenters. The van der Waals surface area contributed by atoms with Gasteiger partial charge in [-0.3, -0.25) is 0 Å². The van der Waals surface area contributed by atoms with Crippen LogP contribution in [0.5, 0.6) is 17.2 Å². The van der Waals surface area contributed by atoms with Gasteiger partial charge in [0, 0.05) is 0 Å². The molecule has 0 unspecified atom stereocenters. The molecule has 0 fully saturated rings. The highest BCUT2D eigenvalue weighted by molar-refractivity contribution is 6.25. The van der Waals surface area contributed by atoms with Crippen LogP contribution in [0.25, 0.3) is 6.08 Å². The first kappa shape index (κ1) is 15.9. The highest BCUT2D eigenvalue weighted by atomic mass is 16.7. The molecule has 0 radical (unpaired) electrons. The number of carbonyl (C=O) groups is 1. The SMILES string of the molecule is CCCC1=NOC(=O)C1=Cc1cc(OC)c(OC)c(OC)c1. The van der Waals surface area contributed by atoms with Crippen molar-refractivity contribution >= 4 is 17.8 Å². The van der Waals surface area contributed by atoms with Gasteiger partial charge in [0.25, 0.3) is 0 Å². The number of benzene rings is 1. The van der Waals surface area contributed by atoms with Crippen LogP contribution >= 0.6 is 0 Å². The second kappa shape index (κ2) is 6.98. The Morgan fingerprint density at radius 2 is 1.77 bits per heavy atom. The van der Waals surface area contributed by atoms with Gasteiger partial charge >= 0.3 is 5.97 Å². The maximum atomic E-state index is 11.8. The van der Waals surface area contributed by atoms with E-state index in [1.807, 2.05) is 6.92 Å². The quantitative estimate of drug-likeness (QED) is 0.597. The lowest BCUT2D eigenvalue weighted by Gasteiger charge is -2.13. The summed E-state index contributed by atoms with van der Waals surface area (Å²) in [4.78, 5) is 16.6. The highest BCUT2D eigenvalue weighted by Crippen LogP contribution is 2.39. The zero-order valence-corrected chi connectivity index (χ0v) is 13.1. The van der Waals surface area contributed by atoms with Crippen LogP contribution in [0, 0.1) is 0 Å². The number of methoxy groups -OCH3 is 3. The van der Waals surface area contributed by atoms with E-state index in [-0.39, 0.29) is 0 Å². The molecule has 0 amide bonds. The van der Waals surface area contributed by atoms with Gasteiger partial charge in [0.2, 0.25) is 5.75 Å². The summed E-state index contributed by atoms with van der Waals surface area (Å²) in [6, 6.07) is 3.53. The lowest BCUT2D eigenvalue weighted by Crippen LogP contribution is -2.05. The number of rotatable bonds is 6. The minimum atomic E-state index is -0.447. The molecule has 0 aromatic heterocycles. The van der Waals surface area contributed by atoms with E-state index in [9.17, 15) is 4.79 Å². The molecule has 0 saturated heterocycles. The predicted molar refractivity (Wildman–Crippen MR) is 82.5 cm³/mol. The zero-order chi connectivity index (χ0) is 16.1. The van der Waals surface area contributed by atoms with Crippen LogP contribution in [0.15, 0.2) is 22.9 Å². The highest BCUT2D eigenvalue weighted by Gasteiger charge is 2.25. The van der Waals surface area contributed by atoms with Crippen molar-refractivity contribution in [3.05, 3.63) is 23.3 Å². The minimum absolute atomic E-state index is 0.447. The summed E-state index contributed by atoms with van der Waals surface area (Å²) in [6.45, 7) is 2.02. The molecular weight excluding hydrogens is 286 g/mol. The number of ether oxygens (including phenoxy) is 3. The maximum Gasteiger partial charge on any atom is 0.367 e. The zero-order valence-electron chi connectivity index (χ0n) is 13.1. The van der Waals surface area contributed by atoms with E-state index in [1.165, 1.54) is 0 Å². The second-order valence-corrected chi connectivity index (χ2v) is 4.68. The molecule has 0 bridgehead atoms. The van der Waals surface area contributed by atoms with Crippen LogP contribution < -0.4 is 14.2 Å². The fourth-order valence-electron chi connectivity index (χ4n) is 2.22. The van der Waals surface area contributed by atoms with E-state index >= 15 is 0 Å². The monoisotopic (exact) mass is 305 g/mol. The molecule has 1 aliphatic rings. The Kier molecular flexibility index (Phi) is 5.04. The number of hydrogen-bond donors (Lipinski definition) is 0. The standard InChI is InChI=1S/C16H19NO5/c1-5-6-12-11(16(18)22-17-12)7-10-8-13(19-2)15(21-4)14(9-10)20-3/h7-9H,5-6H2,1-4H3. The first-order valence-electron chi connectivity index (χ1n) is 6.94. The van der Waals surface area contributed by atoms with E-state index in [2.05, 4.69) is 5.16 Å². The summed E-state index contributed by atoms with van der Waals surface area (Å²) in [5.74, 6) is 1.10. The number of carbonyl (C=O) groups excluding carboxylic acids is 1. The van der Waals surface area contributed by atoms with Crippen molar-refractivity contribution in [3.63, 3.8) is 0 Å². The van der Waals surface area contributed by atoms with Gasteiger partial charge in [-0.25, -0.2) is 4.79 Å². The van der Waals surface area contributed by atoms with E-state index in [4.69, 9.17) is 19.0 Å². The van der Waals surface area contributed by atoms with E-state index in [0.717, 1.165) is 12.0 Å². The van der Waals surface area contributed by atoms with Crippen LogP contribution in [-0.4, -0.2) is 33.0 Å². The van der Waals surface area contributed by atoms with Crippen molar-refractivity contribution in [2.45, 2.75) is 19.8 Å². The van der Waals surface area contributed by atoms with Crippen molar-refractivity contribution in [1.29, 1.82) is 0 Å². The largest absolute Gasteiger partial charge is 0.493 e. The molecule has 1 heterocycles. The molecule has 6 nitrogen and oxygen atoms in total. The normalized spacial score (nSPS) is 15.5. The molecule has 22 heavy (non-hydrogen) atoms. The third kappa shape index (κ3) is 3.05. The molecule has 0 N–H and O–H groups in total. The Labute approximate surface area is 129 Å². The Balaban J connectivity index is 2.46. The molecule has 118 valence electrons. The Morgan fingerprint density at radius 1 is 1.14 bits per heavy atom. The van der Waals surface area contributed by atoms with Gasteiger partial charge in [-0.15, -0.1) is 0 Å². The van der Waals surface area contributed by atoms with E-state index < -0.39 is 5.97 Å². The van der Waals surface area contributed by atoms with Gasteiger partial charge in [-0.05, 0) is 30.2 Å². The van der Waals surface area contributed by atoms with Crippen LogP contribution in [0.1, 0.15) is 25.3 Å². The van der Waals surface area contributed by atoms with Crippen molar-refractivity contribution in [3.8, 4) is 17.2 Å². The summed E-state index contributed by atoms with van der Waals surface area (Å²) in [6.07, 6.45) is 3.28. The smallest absolute Gasteiger partial charge is 0.367 e. The van der Waals surface area contributed by atoms with Crippen molar-refractivity contribution in [2.24, 2.45) is 5.16 Å². The van der Waals surface area contributed by atoms with Gasteiger partial charge < -0.3 is 19.0 Å². The molecule has 6 heteroatoms. The number of hydrogen-bond acceptors (Lipinski definition) is 6. The second-order valence-electron chi connectivity index (χ2n) is 4.68. The molecule has 2 rings (SSSR count). The molecule has 1 aliphatic heterocycles. The maximum absolute atomic E-state index is 11.8. The third-order valence-corrected chi connectivity index (χ3v) is 3.25. The van der Waals surface area contributed by atoms with E-state index in [1.54, 1.807) is 39.5 Å². The number of nitrogens with zero attached hydrogens (tertiary/aromatic N) is 1. The van der Waals surface area contributed by atoms with Crippen LogP contribution in [-0.2, 0) is 9.63 Å². The van der Waals surface area contributed by atoms with Crippen molar-refractivity contribution < 1.29 is 23.8 Å². The fourth-order valence-corrected chi connectivity index (χ4v) is 2.22. The predicted octanol–water partition coefficient (Wildman–Crippen LogP) is 2.81. The topological polar surface area (TPSA) is 66.4 Å². The molecule has 1 aromatic rings. The third-order valence-electron chi connectivity index (χ3n) is 3.25. The summed E-state index contributed by atoms with van der Waals surface area (Å²) in [5.41, 5.74) is 1.85. The molecule has 1 aromatic carbocycles. The Hall–Kier alpha value is -2.50. The van der Waals surface area contributed by atoms with Crippen LogP contribution in [0.2, 0.25) is 0 Å². The Bertz CT molecular complexity index is 608. The van der Waals surface area contributed by atoms with Gasteiger partial charge in [0.1, 0.15) is 0 Å². The molecular formula is C16H19NO5. The lowest BCUT2D eigenvalue weighted by atomic mass is 10.0. The fraction of sp³-hybridized carbons (Fsp3) is 0.375. The summed E-state index contributed by atoms with van der Waals surface area (Å²) < 4.78 is 15.9. The average Bonchev–Trinajstić information content (AvgIpc) is 2.87. The van der Waals surface area contributed by atoms with Gasteiger partial charge in [-0.1, -0.05) is 18.5 Å². The molecule has 0 spiro atoms. The van der Waals surface area contributed by atoms with Crippen LogP contribution in [0.4, 0.5) is 0 Å². The molecule has 0 saturated carbocycles. The summed E-state index contributed by atoms with van der Waals surface area (Å²) in [5, 5.41) is 3.81. The first-order chi connectivity index (χ1) is 10.6. The summed E-state index contributed by atoms with van der Waals surface area (Å²) in [7, 11) is 4.63. The van der Waals surface area contributed by atoms with Gasteiger partial charge in [0.05, 0.1) is 32.6 Å². The van der Waals surface area contributed by atoms with Crippen LogP contribution in [0.3, 0.4) is 0 Å². The van der Waals surface area contributed by atoms with Crippen molar-refractivity contribution in [1.82, 2.24) is 0 Å². The average molecular weight is 305 g/mol. The Morgan fingerprint density at radius 3 is 2.27 bits per heavy atom. The van der Waals surface area contributed by atoms with E-state index in [0.29, 0.717) is 35.0 Å². The minimum Gasteiger partial charge on any atom is -0.493 e. The lowest BCUT2D eigenvalue weighted by molar-refractivity contribution is -0.136. The van der Waals surface area contributed by atoms with Gasteiger partial charge in [0.15, 0.2) is 11.5 Å². The number of oxime groups is 1. The first-order valence-corrected chi connectivity index (χ1v) is 6.94.